The van der Waals surface area contributed by atoms with Gasteiger partial charge in [-0.15, -0.1) is 0 Å². The van der Waals surface area contributed by atoms with E-state index in [-0.39, 0.29) is 11.6 Å². The fraction of sp³-hybridized carbons (Fsp3) is 0.400. The number of alkyl halides is 2. The molecule has 0 fully saturated rings. The van der Waals surface area contributed by atoms with Crippen LogP contribution in [0.15, 0.2) is 18.2 Å². The molecule has 0 heterocycles. The van der Waals surface area contributed by atoms with Crippen LogP contribution in [0.25, 0.3) is 0 Å². The van der Waals surface area contributed by atoms with E-state index in [0.29, 0.717) is 5.69 Å². The molecule has 1 N–H and O–H groups in total. The van der Waals surface area contributed by atoms with Crippen LogP contribution in [0.2, 0.25) is 0 Å². The van der Waals surface area contributed by atoms with Gasteiger partial charge in [0.2, 0.25) is 0 Å². The van der Waals surface area contributed by atoms with Crippen LogP contribution in [0.4, 0.5) is 10.1 Å². The number of rotatable bonds is 5. The number of phenolic OH excluding ortho intramolecular Hbond substituents is 1. The zero-order chi connectivity index (χ0) is 11.3. The molecule has 2 nitrogen and oxygen atoms in total. The molecule has 0 unspecified atom stereocenters. The van der Waals surface area contributed by atoms with Crippen molar-refractivity contribution < 1.29 is 9.50 Å². The molecule has 0 saturated carbocycles. The first-order chi connectivity index (χ1) is 7.19. The largest absolute Gasteiger partial charge is 0.508 e. The van der Waals surface area contributed by atoms with Crippen LogP contribution in [0, 0.1) is 5.82 Å². The molecule has 0 bridgehead atoms. The summed E-state index contributed by atoms with van der Waals surface area (Å²) in [6.45, 7) is 1.65. The van der Waals surface area contributed by atoms with E-state index in [4.69, 9.17) is 5.11 Å². The van der Waals surface area contributed by atoms with Crippen LogP contribution >= 0.6 is 45.2 Å². The van der Waals surface area contributed by atoms with Gasteiger partial charge in [-0.25, -0.2) is 4.39 Å². The maximum absolute atomic E-state index is 13.5. The Morgan fingerprint density at radius 2 is 1.80 bits per heavy atom. The summed E-state index contributed by atoms with van der Waals surface area (Å²) in [4.78, 5) is 1.99. The third-order valence-electron chi connectivity index (χ3n) is 1.98. The van der Waals surface area contributed by atoms with Crippen LogP contribution in [0.3, 0.4) is 0 Å². The number of benzene rings is 1. The minimum Gasteiger partial charge on any atom is -0.508 e. The lowest BCUT2D eigenvalue weighted by Crippen LogP contribution is -2.28. The van der Waals surface area contributed by atoms with E-state index < -0.39 is 0 Å². The maximum Gasteiger partial charge on any atom is 0.150 e. The van der Waals surface area contributed by atoms with Crippen molar-refractivity contribution in [2.75, 3.05) is 26.8 Å². The Labute approximate surface area is 116 Å². The van der Waals surface area contributed by atoms with Gasteiger partial charge in [0.25, 0.3) is 0 Å². The second kappa shape index (κ2) is 6.72. The minimum absolute atomic E-state index is 0.0276. The van der Waals surface area contributed by atoms with Gasteiger partial charge in [-0.05, 0) is 12.1 Å². The zero-order valence-corrected chi connectivity index (χ0v) is 12.4. The molecule has 0 aliphatic heterocycles. The number of hydrogen-bond donors (Lipinski definition) is 1. The van der Waals surface area contributed by atoms with Gasteiger partial charge in [0.15, 0.2) is 0 Å². The molecule has 0 spiro atoms. The summed E-state index contributed by atoms with van der Waals surface area (Å²) in [5.74, 6) is -0.384. The molecule has 1 aromatic carbocycles. The molecule has 0 atom stereocenters. The normalized spacial score (nSPS) is 10.3. The predicted octanol–water partition coefficient (Wildman–Crippen LogP) is 3.21. The molecule has 0 aliphatic rings. The summed E-state index contributed by atoms with van der Waals surface area (Å²) in [6.07, 6.45) is 0. The highest BCUT2D eigenvalue weighted by Gasteiger charge is 2.10. The standard InChI is InChI=1S/C10H12FI2NO/c11-9-7-8(15)1-2-10(9)14(5-3-12)6-4-13/h1-2,7,15H,3-6H2. The molecule has 1 rings (SSSR count). The average molecular weight is 435 g/mol. The van der Waals surface area contributed by atoms with Crippen molar-refractivity contribution in [1.29, 1.82) is 0 Å². The predicted molar refractivity (Wildman–Crippen MR) is 78.1 cm³/mol. The average Bonchev–Trinajstić information content (AvgIpc) is 2.17. The third kappa shape index (κ3) is 3.93. The molecular weight excluding hydrogens is 423 g/mol. The summed E-state index contributed by atoms with van der Waals surface area (Å²) in [5, 5.41) is 9.12. The van der Waals surface area contributed by atoms with Crippen molar-refractivity contribution in [3.05, 3.63) is 24.0 Å². The Hall–Kier alpha value is 0.210. The van der Waals surface area contributed by atoms with Gasteiger partial charge in [-0.3, -0.25) is 0 Å². The monoisotopic (exact) mass is 435 g/mol. The SMILES string of the molecule is Oc1ccc(N(CCI)CCI)c(F)c1. The molecule has 0 radical (unpaired) electrons. The second-order valence-electron chi connectivity index (χ2n) is 3.00. The molecule has 0 aliphatic carbocycles. The van der Waals surface area contributed by atoms with Gasteiger partial charge in [-0.2, -0.15) is 0 Å². The number of anilines is 1. The Bertz CT molecular complexity index is 316. The molecular formula is C10H12FI2NO. The fourth-order valence-corrected chi connectivity index (χ4v) is 2.47. The van der Waals surface area contributed by atoms with E-state index in [0.717, 1.165) is 28.0 Å². The van der Waals surface area contributed by atoms with E-state index in [1.807, 2.05) is 4.90 Å². The number of phenols is 1. The van der Waals surface area contributed by atoms with E-state index >= 15 is 0 Å². The molecule has 84 valence electrons. The van der Waals surface area contributed by atoms with Crippen molar-refractivity contribution in [2.45, 2.75) is 0 Å². The summed E-state index contributed by atoms with van der Waals surface area (Å²) < 4.78 is 15.4. The van der Waals surface area contributed by atoms with E-state index in [9.17, 15) is 4.39 Å². The van der Waals surface area contributed by atoms with Crippen molar-refractivity contribution in [3.63, 3.8) is 0 Å². The van der Waals surface area contributed by atoms with Crippen LogP contribution in [0.1, 0.15) is 0 Å². The first kappa shape index (κ1) is 13.3. The van der Waals surface area contributed by atoms with E-state index in [2.05, 4.69) is 45.2 Å². The molecule has 0 amide bonds. The highest BCUT2D eigenvalue weighted by Crippen LogP contribution is 2.23. The first-order valence-electron chi connectivity index (χ1n) is 4.54. The molecule has 5 heteroatoms. The third-order valence-corrected chi connectivity index (χ3v) is 2.95. The quantitative estimate of drug-likeness (QED) is 0.568. The highest BCUT2D eigenvalue weighted by molar-refractivity contribution is 14.1. The zero-order valence-electron chi connectivity index (χ0n) is 8.09. The summed E-state index contributed by atoms with van der Waals surface area (Å²) in [6, 6.07) is 4.30. The van der Waals surface area contributed by atoms with Crippen molar-refractivity contribution >= 4 is 50.9 Å². The Kier molecular flexibility index (Phi) is 5.95. The fourth-order valence-electron chi connectivity index (χ4n) is 1.31. The molecule has 15 heavy (non-hydrogen) atoms. The number of aromatic hydroxyl groups is 1. The van der Waals surface area contributed by atoms with Gasteiger partial charge in [0.1, 0.15) is 11.6 Å². The van der Waals surface area contributed by atoms with Crippen molar-refractivity contribution in [3.8, 4) is 5.75 Å². The van der Waals surface area contributed by atoms with Gasteiger partial charge in [0, 0.05) is 28.0 Å². The van der Waals surface area contributed by atoms with Crippen LogP contribution in [-0.4, -0.2) is 27.1 Å². The minimum atomic E-state index is -0.357. The van der Waals surface area contributed by atoms with Crippen LogP contribution in [-0.2, 0) is 0 Å². The summed E-state index contributed by atoms with van der Waals surface area (Å²) in [5.41, 5.74) is 0.570. The van der Waals surface area contributed by atoms with Gasteiger partial charge in [0.05, 0.1) is 5.69 Å². The summed E-state index contributed by atoms with van der Waals surface area (Å²) in [7, 11) is 0. The van der Waals surface area contributed by atoms with Gasteiger partial charge >= 0.3 is 0 Å². The molecule has 1 aromatic rings. The highest BCUT2D eigenvalue weighted by atomic mass is 127. The van der Waals surface area contributed by atoms with E-state index in [1.165, 1.54) is 6.07 Å². The first-order valence-corrected chi connectivity index (χ1v) is 7.59. The summed E-state index contributed by atoms with van der Waals surface area (Å²) >= 11 is 4.54. The number of halogens is 3. The van der Waals surface area contributed by atoms with Crippen molar-refractivity contribution in [1.82, 2.24) is 0 Å². The maximum atomic E-state index is 13.5. The van der Waals surface area contributed by atoms with Crippen molar-refractivity contribution in [2.24, 2.45) is 0 Å². The Morgan fingerprint density at radius 1 is 1.20 bits per heavy atom. The lowest BCUT2D eigenvalue weighted by Gasteiger charge is -2.23. The number of hydrogen-bond acceptors (Lipinski definition) is 2. The van der Waals surface area contributed by atoms with Crippen LogP contribution in [0.5, 0.6) is 5.75 Å². The lowest BCUT2D eigenvalue weighted by molar-refractivity contribution is 0.469. The van der Waals surface area contributed by atoms with Gasteiger partial charge in [-0.1, -0.05) is 45.2 Å². The number of nitrogens with zero attached hydrogens (tertiary/aromatic N) is 1. The Balaban J connectivity index is 2.89. The molecule has 0 saturated heterocycles. The second-order valence-corrected chi connectivity index (χ2v) is 5.16. The van der Waals surface area contributed by atoms with Gasteiger partial charge < -0.3 is 10.0 Å². The Morgan fingerprint density at radius 3 is 2.27 bits per heavy atom. The van der Waals surface area contributed by atoms with E-state index in [1.54, 1.807) is 6.07 Å². The lowest BCUT2D eigenvalue weighted by atomic mass is 10.2. The smallest absolute Gasteiger partial charge is 0.150 e. The molecule has 0 aromatic heterocycles. The topological polar surface area (TPSA) is 23.5 Å². The van der Waals surface area contributed by atoms with Crippen LogP contribution < -0.4 is 4.90 Å².